The fraction of sp³-hybridized carbons (Fsp3) is 0.333. The molecule has 18 heavy (non-hydrogen) atoms. The van der Waals surface area contributed by atoms with Gasteiger partial charge < -0.3 is 10.4 Å². The Morgan fingerprint density at radius 2 is 2.22 bits per heavy atom. The van der Waals surface area contributed by atoms with Gasteiger partial charge in [-0.25, -0.2) is 4.98 Å². The van der Waals surface area contributed by atoms with Gasteiger partial charge in [0.2, 0.25) is 0 Å². The lowest BCUT2D eigenvalue weighted by atomic mass is 10.1. The Labute approximate surface area is 109 Å². The number of fused-ring (bicyclic) bond motifs is 1. The topological polar surface area (TPSA) is 67.2 Å². The van der Waals surface area contributed by atoms with Crippen LogP contribution in [0.5, 0.6) is 5.75 Å². The molecule has 6 heteroatoms. The number of phenols is 1. The molecular weight excluding hydrogens is 254 g/mol. The molecule has 0 spiro atoms. The Morgan fingerprint density at radius 1 is 1.56 bits per heavy atom. The fourth-order valence-corrected chi connectivity index (χ4v) is 2.19. The first-order chi connectivity index (χ1) is 8.47. The van der Waals surface area contributed by atoms with Crippen molar-refractivity contribution in [3.05, 3.63) is 32.8 Å². The number of rotatable bonds is 2. The second kappa shape index (κ2) is 4.59. The fourth-order valence-electron chi connectivity index (χ4n) is 1.93. The zero-order chi connectivity index (χ0) is 13.4. The van der Waals surface area contributed by atoms with Crippen LogP contribution in [0.1, 0.15) is 11.4 Å². The van der Waals surface area contributed by atoms with E-state index in [0.29, 0.717) is 23.3 Å². The molecule has 0 amide bonds. The average molecular weight is 268 g/mol. The van der Waals surface area contributed by atoms with Crippen LogP contribution in [0, 0.1) is 6.92 Å². The maximum atomic E-state index is 12.2. The van der Waals surface area contributed by atoms with Gasteiger partial charge in [0.05, 0.1) is 17.0 Å². The minimum atomic E-state index is -0.185. The van der Waals surface area contributed by atoms with Crippen molar-refractivity contribution in [2.24, 2.45) is 7.05 Å². The Balaban J connectivity index is 2.95. The Morgan fingerprint density at radius 3 is 2.83 bits per heavy atom. The summed E-state index contributed by atoms with van der Waals surface area (Å²) < 4.78 is 1.47. The van der Waals surface area contributed by atoms with E-state index < -0.39 is 0 Å². The van der Waals surface area contributed by atoms with Crippen molar-refractivity contribution in [2.75, 3.05) is 7.05 Å². The monoisotopic (exact) mass is 267 g/mol. The number of nitrogens with zero attached hydrogens (tertiary/aromatic N) is 2. The molecular formula is C12H14ClN3O2. The number of hydrogen-bond acceptors (Lipinski definition) is 4. The summed E-state index contributed by atoms with van der Waals surface area (Å²) in [5.74, 6) is 0.402. The summed E-state index contributed by atoms with van der Waals surface area (Å²) in [4.78, 5) is 16.6. The van der Waals surface area contributed by atoms with Crippen LogP contribution < -0.4 is 10.9 Å². The highest BCUT2D eigenvalue weighted by Crippen LogP contribution is 2.31. The third kappa shape index (κ3) is 1.85. The molecule has 0 radical (unpaired) electrons. The molecule has 0 aliphatic rings. The van der Waals surface area contributed by atoms with Gasteiger partial charge in [-0.2, -0.15) is 0 Å². The van der Waals surface area contributed by atoms with Crippen LogP contribution in [0.3, 0.4) is 0 Å². The highest BCUT2D eigenvalue weighted by Gasteiger charge is 2.15. The van der Waals surface area contributed by atoms with Crippen molar-refractivity contribution in [1.29, 1.82) is 0 Å². The molecule has 96 valence electrons. The van der Waals surface area contributed by atoms with Gasteiger partial charge in [0, 0.05) is 7.05 Å². The molecule has 2 rings (SSSR count). The molecule has 2 N–H and O–H groups in total. The number of aryl methyl sites for hydroxylation is 1. The molecule has 0 fully saturated rings. The molecule has 1 heterocycles. The van der Waals surface area contributed by atoms with Crippen molar-refractivity contribution >= 4 is 22.5 Å². The number of hydrogen-bond donors (Lipinski definition) is 2. The number of nitrogens with one attached hydrogen (secondary N) is 1. The summed E-state index contributed by atoms with van der Waals surface area (Å²) in [6.07, 6.45) is 0. The second-order valence-electron chi connectivity index (χ2n) is 4.17. The largest absolute Gasteiger partial charge is 0.504 e. The van der Waals surface area contributed by atoms with Crippen LogP contribution >= 0.6 is 11.6 Å². The normalized spacial score (nSPS) is 11.1. The molecule has 2 aromatic rings. The molecule has 1 aromatic carbocycles. The summed E-state index contributed by atoms with van der Waals surface area (Å²) in [7, 11) is 3.42. The van der Waals surface area contributed by atoms with E-state index >= 15 is 0 Å². The van der Waals surface area contributed by atoms with Crippen LogP contribution in [-0.4, -0.2) is 21.7 Å². The summed E-state index contributed by atoms with van der Waals surface area (Å²) in [5.41, 5.74) is 0.778. The van der Waals surface area contributed by atoms with E-state index in [9.17, 15) is 9.90 Å². The predicted octanol–water partition coefficient (Wildman–Crippen LogP) is 1.32. The third-order valence-electron chi connectivity index (χ3n) is 2.91. The van der Waals surface area contributed by atoms with Gasteiger partial charge in [-0.1, -0.05) is 11.6 Å². The van der Waals surface area contributed by atoms with Crippen molar-refractivity contribution in [2.45, 2.75) is 13.5 Å². The first-order valence-corrected chi connectivity index (χ1v) is 5.87. The lowest BCUT2D eigenvalue weighted by Gasteiger charge is -2.11. The standard InChI is InChI=1S/C12H14ClN3O2/c1-6-4-7(13)11(17)10-9(6)12(18)16(3)8(15-10)5-14-2/h4,14,17H,5H2,1-3H3. The van der Waals surface area contributed by atoms with Crippen LogP contribution in [0.4, 0.5) is 0 Å². The van der Waals surface area contributed by atoms with Crippen LogP contribution in [0.2, 0.25) is 5.02 Å². The lowest BCUT2D eigenvalue weighted by molar-refractivity contribution is 0.479. The van der Waals surface area contributed by atoms with E-state index in [-0.39, 0.29) is 21.8 Å². The van der Waals surface area contributed by atoms with Crippen molar-refractivity contribution in [3.63, 3.8) is 0 Å². The van der Waals surface area contributed by atoms with Crippen molar-refractivity contribution in [1.82, 2.24) is 14.9 Å². The zero-order valence-corrected chi connectivity index (χ0v) is 11.2. The SMILES string of the molecule is CNCc1nc2c(O)c(Cl)cc(C)c2c(=O)n1C. The van der Waals surface area contributed by atoms with Crippen LogP contribution in [0.15, 0.2) is 10.9 Å². The molecule has 0 aliphatic heterocycles. The van der Waals surface area contributed by atoms with E-state index in [2.05, 4.69) is 10.3 Å². The summed E-state index contributed by atoms with van der Waals surface area (Å²) in [6.45, 7) is 2.21. The van der Waals surface area contributed by atoms with Gasteiger partial charge in [-0.15, -0.1) is 0 Å². The van der Waals surface area contributed by atoms with Gasteiger partial charge in [0.25, 0.3) is 5.56 Å². The van der Waals surface area contributed by atoms with Gasteiger partial charge in [-0.3, -0.25) is 9.36 Å². The van der Waals surface area contributed by atoms with E-state index in [1.807, 2.05) is 0 Å². The smallest absolute Gasteiger partial charge is 0.261 e. The molecule has 0 aliphatic carbocycles. The number of aromatic nitrogens is 2. The minimum absolute atomic E-state index is 0.146. The first kappa shape index (κ1) is 12.9. The highest BCUT2D eigenvalue weighted by molar-refractivity contribution is 6.33. The second-order valence-corrected chi connectivity index (χ2v) is 4.58. The maximum Gasteiger partial charge on any atom is 0.261 e. The quantitative estimate of drug-likeness (QED) is 0.861. The number of aromatic hydroxyl groups is 1. The molecule has 0 unspecified atom stereocenters. The Bertz CT molecular complexity index is 679. The van der Waals surface area contributed by atoms with E-state index in [1.165, 1.54) is 4.57 Å². The number of phenolic OH excluding ortho intramolecular Hbond substituents is 1. The van der Waals surface area contributed by atoms with Gasteiger partial charge >= 0.3 is 0 Å². The average Bonchev–Trinajstić information content (AvgIpc) is 2.32. The molecule has 1 aromatic heterocycles. The van der Waals surface area contributed by atoms with Crippen molar-refractivity contribution < 1.29 is 5.11 Å². The highest BCUT2D eigenvalue weighted by atomic mass is 35.5. The van der Waals surface area contributed by atoms with Gasteiger partial charge in [0.1, 0.15) is 11.3 Å². The van der Waals surface area contributed by atoms with E-state index in [1.54, 1.807) is 27.1 Å². The zero-order valence-electron chi connectivity index (χ0n) is 10.4. The molecule has 0 saturated heterocycles. The Kier molecular flexibility index (Phi) is 3.28. The van der Waals surface area contributed by atoms with Crippen LogP contribution in [-0.2, 0) is 13.6 Å². The maximum absolute atomic E-state index is 12.2. The summed E-state index contributed by atoms with van der Waals surface area (Å²) in [6, 6.07) is 1.57. The minimum Gasteiger partial charge on any atom is -0.504 e. The molecule has 0 bridgehead atoms. The Hall–Kier alpha value is -1.59. The van der Waals surface area contributed by atoms with Gasteiger partial charge in [0.15, 0.2) is 5.75 Å². The van der Waals surface area contributed by atoms with Gasteiger partial charge in [-0.05, 0) is 25.6 Å². The number of halogens is 1. The first-order valence-electron chi connectivity index (χ1n) is 5.49. The molecule has 5 nitrogen and oxygen atoms in total. The summed E-state index contributed by atoms with van der Waals surface area (Å²) in [5, 5.41) is 13.5. The third-order valence-corrected chi connectivity index (χ3v) is 3.19. The van der Waals surface area contributed by atoms with Crippen molar-refractivity contribution in [3.8, 4) is 5.75 Å². The van der Waals surface area contributed by atoms with Crippen LogP contribution in [0.25, 0.3) is 10.9 Å². The summed E-state index contributed by atoms with van der Waals surface area (Å²) >= 11 is 5.90. The van der Waals surface area contributed by atoms with E-state index in [4.69, 9.17) is 11.6 Å². The lowest BCUT2D eigenvalue weighted by Crippen LogP contribution is -2.25. The molecule has 0 atom stereocenters. The number of benzene rings is 1. The molecule has 0 saturated carbocycles. The van der Waals surface area contributed by atoms with E-state index in [0.717, 1.165) is 0 Å². The predicted molar refractivity (Wildman–Crippen MR) is 71.2 cm³/mol.